The van der Waals surface area contributed by atoms with Gasteiger partial charge in [-0.15, -0.1) is 0 Å². The number of hydrogen-bond donors (Lipinski definition) is 2. The topological polar surface area (TPSA) is 75.4 Å². The maximum atomic E-state index is 11.8. The summed E-state index contributed by atoms with van der Waals surface area (Å²) < 4.78 is 0. The number of hydrogen-bond acceptors (Lipinski definition) is 3. The molecule has 3 N–H and O–H groups in total. The number of carbonyl (C=O) groups is 2. The van der Waals surface area contributed by atoms with Crippen molar-refractivity contribution in [3.05, 3.63) is 29.3 Å². The van der Waals surface area contributed by atoms with E-state index in [9.17, 15) is 9.59 Å². The van der Waals surface area contributed by atoms with Crippen molar-refractivity contribution in [2.24, 2.45) is 5.73 Å². The molecule has 0 aliphatic heterocycles. The molecule has 0 saturated heterocycles. The first-order chi connectivity index (χ1) is 8.70. The van der Waals surface area contributed by atoms with Crippen molar-refractivity contribution in [2.45, 2.75) is 19.4 Å². The minimum Gasteiger partial charge on any atom is -0.335 e. The first-order valence-electron chi connectivity index (χ1n) is 5.80. The predicted molar refractivity (Wildman–Crippen MR) is 76.0 cm³/mol. The van der Waals surface area contributed by atoms with Crippen LogP contribution < -0.4 is 11.1 Å². The standard InChI is InChI=1S/C13H18ClN3O2/c1-13(2,15)12(19)17(3)8-11(18)16-10-6-4-5-9(14)7-10/h4-7H,8,15H2,1-3H3,(H,16,18). The van der Waals surface area contributed by atoms with Crippen LogP contribution in [0.2, 0.25) is 5.02 Å². The first-order valence-corrected chi connectivity index (χ1v) is 6.18. The van der Waals surface area contributed by atoms with Gasteiger partial charge in [0.2, 0.25) is 11.8 Å². The highest BCUT2D eigenvalue weighted by Crippen LogP contribution is 2.14. The van der Waals surface area contributed by atoms with E-state index in [1.165, 1.54) is 11.9 Å². The molecule has 0 heterocycles. The zero-order chi connectivity index (χ0) is 14.6. The molecule has 104 valence electrons. The third-order valence-electron chi connectivity index (χ3n) is 2.39. The highest BCUT2D eigenvalue weighted by molar-refractivity contribution is 6.30. The molecule has 5 nitrogen and oxygen atoms in total. The number of rotatable bonds is 4. The van der Waals surface area contributed by atoms with Crippen molar-refractivity contribution in [3.63, 3.8) is 0 Å². The number of benzene rings is 1. The quantitative estimate of drug-likeness (QED) is 0.879. The number of carbonyl (C=O) groups excluding carboxylic acids is 2. The molecular formula is C13H18ClN3O2. The van der Waals surface area contributed by atoms with E-state index in [1.54, 1.807) is 38.1 Å². The van der Waals surface area contributed by atoms with Crippen LogP contribution in [-0.4, -0.2) is 35.8 Å². The summed E-state index contributed by atoms with van der Waals surface area (Å²) in [5, 5.41) is 3.19. The summed E-state index contributed by atoms with van der Waals surface area (Å²) in [5.41, 5.74) is 5.28. The summed E-state index contributed by atoms with van der Waals surface area (Å²) in [6, 6.07) is 6.80. The Bertz CT molecular complexity index is 483. The Kier molecular flexibility index (Phi) is 4.91. The second-order valence-electron chi connectivity index (χ2n) is 4.94. The summed E-state index contributed by atoms with van der Waals surface area (Å²) >= 11 is 5.81. The van der Waals surface area contributed by atoms with Gasteiger partial charge in [-0.05, 0) is 32.0 Å². The minimum atomic E-state index is -0.995. The van der Waals surface area contributed by atoms with Gasteiger partial charge in [0.15, 0.2) is 0 Å². The van der Waals surface area contributed by atoms with Crippen LogP contribution in [0.15, 0.2) is 24.3 Å². The van der Waals surface area contributed by atoms with Crippen molar-refractivity contribution in [1.82, 2.24) is 4.90 Å². The zero-order valence-corrected chi connectivity index (χ0v) is 12.0. The summed E-state index contributed by atoms with van der Waals surface area (Å²) in [4.78, 5) is 24.9. The molecule has 0 aliphatic rings. The molecule has 0 aromatic heterocycles. The summed E-state index contributed by atoms with van der Waals surface area (Å²) in [6.07, 6.45) is 0. The summed E-state index contributed by atoms with van der Waals surface area (Å²) in [5.74, 6) is -0.601. The lowest BCUT2D eigenvalue weighted by Crippen LogP contribution is -2.51. The van der Waals surface area contributed by atoms with E-state index in [1.807, 2.05) is 0 Å². The third kappa shape index (κ3) is 4.89. The van der Waals surface area contributed by atoms with Gasteiger partial charge < -0.3 is 16.0 Å². The third-order valence-corrected chi connectivity index (χ3v) is 2.62. The van der Waals surface area contributed by atoms with E-state index in [4.69, 9.17) is 17.3 Å². The van der Waals surface area contributed by atoms with Crippen molar-refractivity contribution >= 4 is 29.1 Å². The normalized spacial score (nSPS) is 11.0. The minimum absolute atomic E-state index is 0.0635. The summed E-state index contributed by atoms with van der Waals surface area (Å²) in [7, 11) is 1.54. The lowest BCUT2D eigenvalue weighted by Gasteiger charge is -2.25. The van der Waals surface area contributed by atoms with Crippen molar-refractivity contribution in [2.75, 3.05) is 18.9 Å². The van der Waals surface area contributed by atoms with E-state index < -0.39 is 5.54 Å². The van der Waals surface area contributed by atoms with Gasteiger partial charge >= 0.3 is 0 Å². The number of amides is 2. The molecule has 6 heteroatoms. The largest absolute Gasteiger partial charge is 0.335 e. The van der Waals surface area contributed by atoms with Gasteiger partial charge in [0.05, 0.1) is 12.1 Å². The van der Waals surface area contributed by atoms with Gasteiger partial charge in [0.25, 0.3) is 0 Å². The van der Waals surface area contributed by atoms with Crippen LogP contribution >= 0.6 is 11.6 Å². The van der Waals surface area contributed by atoms with Gasteiger partial charge in [-0.3, -0.25) is 9.59 Å². The number of nitrogens with two attached hydrogens (primary N) is 1. The average molecular weight is 284 g/mol. The zero-order valence-electron chi connectivity index (χ0n) is 11.2. The molecule has 1 aromatic carbocycles. The first kappa shape index (κ1) is 15.5. The van der Waals surface area contributed by atoms with Gasteiger partial charge in [-0.1, -0.05) is 17.7 Å². The van der Waals surface area contributed by atoms with Crippen LogP contribution in [0.4, 0.5) is 5.69 Å². The molecule has 0 atom stereocenters. The Balaban J connectivity index is 2.59. The lowest BCUT2D eigenvalue weighted by atomic mass is 10.1. The van der Waals surface area contributed by atoms with Crippen LogP contribution in [0, 0.1) is 0 Å². The molecular weight excluding hydrogens is 266 g/mol. The number of nitrogens with one attached hydrogen (secondary N) is 1. The SMILES string of the molecule is CN(CC(=O)Nc1cccc(Cl)c1)C(=O)C(C)(C)N. The van der Waals surface area contributed by atoms with Gasteiger partial charge in [-0.2, -0.15) is 0 Å². The Morgan fingerprint density at radius 1 is 1.42 bits per heavy atom. The van der Waals surface area contributed by atoms with E-state index in [0.29, 0.717) is 10.7 Å². The second-order valence-corrected chi connectivity index (χ2v) is 5.38. The Morgan fingerprint density at radius 2 is 2.05 bits per heavy atom. The molecule has 2 amide bonds. The van der Waals surface area contributed by atoms with Gasteiger partial charge in [0.1, 0.15) is 0 Å². The van der Waals surface area contributed by atoms with E-state index in [2.05, 4.69) is 5.32 Å². The fourth-order valence-corrected chi connectivity index (χ4v) is 1.74. The van der Waals surface area contributed by atoms with Gasteiger partial charge in [-0.25, -0.2) is 0 Å². The van der Waals surface area contributed by atoms with Crippen LogP contribution in [0.25, 0.3) is 0 Å². The van der Waals surface area contributed by atoms with Crippen molar-refractivity contribution in [3.8, 4) is 0 Å². The molecule has 0 radical (unpaired) electrons. The van der Waals surface area contributed by atoms with E-state index in [0.717, 1.165) is 0 Å². The molecule has 0 bridgehead atoms. The molecule has 0 spiro atoms. The van der Waals surface area contributed by atoms with E-state index >= 15 is 0 Å². The van der Waals surface area contributed by atoms with Crippen molar-refractivity contribution < 1.29 is 9.59 Å². The Labute approximate surface area is 117 Å². The maximum absolute atomic E-state index is 11.8. The Morgan fingerprint density at radius 3 is 2.58 bits per heavy atom. The van der Waals surface area contributed by atoms with Crippen LogP contribution in [-0.2, 0) is 9.59 Å². The second kappa shape index (κ2) is 6.04. The highest BCUT2D eigenvalue weighted by atomic mass is 35.5. The smallest absolute Gasteiger partial charge is 0.243 e. The average Bonchev–Trinajstić information content (AvgIpc) is 2.26. The maximum Gasteiger partial charge on any atom is 0.243 e. The highest BCUT2D eigenvalue weighted by Gasteiger charge is 2.26. The van der Waals surface area contributed by atoms with Crippen LogP contribution in [0.3, 0.4) is 0 Å². The molecule has 0 aliphatic carbocycles. The number of nitrogens with zero attached hydrogens (tertiary/aromatic N) is 1. The molecule has 1 rings (SSSR count). The predicted octanol–water partition coefficient (Wildman–Crippen LogP) is 1.47. The van der Waals surface area contributed by atoms with Crippen LogP contribution in [0.5, 0.6) is 0 Å². The number of anilines is 1. The molecule has 19 heavy (non-hydrogen) atoms. The van der Waals surface area contributed by atoms with E-state index in [-0.39, 0.29) is 18.4 Å². The van der Waals surface area contributed by atoms with Crippen molar-refractivity contribution in [1.29, 1.82) is 0 Å². The number of halogens is 1. The molecule has 0 fully saturated rings. The van der Waals surface area contributed by atoms with Gasteiger partial charge in [0, 0.05) is 17.8 Å². The lowest BCUT2D eigenvalue weighted by molar-refractivity contribution is -0.137. The molecule has 0 saturated carbocycles. The number of likely N-dealkylation sites (N-methyl/N-ethyl adjacent to an activating group) is 1. The Hall–Kier alpha value is -1.59. The molecule has 1 aromatic rings. The molecule has 0 unspecified atom stereocenters. The van der Waals surface area contributed by atoms with Crippen LogP contribution in [0.1, 0.15) is 13.8 Å². The fraction of sp³-hybridized carbons (Fsp3) is 0.385. The summed E-state index contributed by atoms with van der Waals surface area (Å²) in [6.45, 7) is 3.13. The fourth-order valence-electron chi connectivity index (χ4n) is 1.55. The monoisotopic (exact) mass is 283 g/mol.